The van der Waals surface area contributed by atoms with Crippen molar-refractivity contribution in [3.8, 4) is 0 Å². The van der Waals surface area contributed by atoms with Crippen molar-refractivity contribution in [3.05, 3.63) is 49.3 Å². The van der Waals surface area contributed by atoms with Crippen LogP contribution in [-0.2, 0) is 17.8 Å². The number of likely N-dealkylation sites (tertiary alicyclic amines) is 1. The fourth-order valence-electron chi connectivity index (χ4n) is 4.21. The minimum Gasteiger partial charge on any atom is -0.333 e. The molecule has 2 aromatic heterocycles. The highest BCUT2D eigenvalue weighted by Gasteiger charge is 2.37. The topological polar surface area (TPSA) is 86.4 Å². The highest BCUT2D eigenvalue weighted by atomic mass is 32.1. The van der Waals surface area contributed by atoms with Crippen LogP contribution in [0.25, 0.3) is 0 Å². The molecule has 0 aromatic carbocycles. The molecule has 2 amide bonds. The van der Waals surface area contributed by atoms with Crippen molar-refractivity contribution in [2.45, 2.75) is 59.5 Å². The number of carbonyl (C=O) groups is 2. The summed E-state index contributed by atoms with van der Waals surface area (Å²) in [5.41, 5.74) is 0.622. The summed E-state index contributed by atoms with van der Waals surface area (Å²) in [6, 6.07) is 3.58. The molecule has 0 aliphatic carbocycles. The molecule has 0 bridgehead atoms. The van der Waals surface area contributed by atoms with Gasteiger partial charge in [-0.2, -0.15) is 0 Å². The maximum absolute atomic E-state index is 12.9. The summed E-state index contributed by atoms with van der Waals surface area (Å²) < 4.78 is 0. The number of fused-ring (bicyclic) bond motifs is 1. The second-order valence-electron chi connectivity index (χ2n) is 9.17. The molecule has 2 aliphatic rings. The molecule has 8 heteroatoms. The molecule has 1 N–H and O–H groups in total. The lowest BCUT2D eigenvalue weighted by molar-refractivity contribution is -0.140. The number of aryl methyl sites for hydroxylation is 1. The van der Waals surface area contributed by atoms with Crippen LogP contribution in [0.2, 0.25) is 0 Å². The molecule has 1 saturated heterocycles. The first-order valence-corrected chi connectivity index (χ1v) is 11.3. The van der Waals surface area contributed by atoms with E-state index in [1.54, 1.807) is 4.90 Å². The zero-order chi connectivity index (χ0) is 21.6. The van der Waals surface area contributed by atoms with Crippen LogP contribution in [0.15, 0.2) is 16.9 Å². The first-order valence-electron chi connectivity index (χ1n) is 10.4. The van der Waals surface area contributed by atoms with Crippen LogP contribution in [0, 0.1) is 12.3 Å². The summed E-state index contributed by atoms with van der Waals surface area (Å²) in [7, 11) is 0. The molecule has 4 heterocycles. The molecule has 2 aliphatic heterocycles. The van der Waals surface area contributed by atoms with E-state index in [0.717, 1.165) is 23.4 Å². The molecule has 0 unspecified atom stereocenters. The Morgan fingerprint density at radius 1 is 1.23 bits per heavy atom. The molecule has 160 valence electrons. The first-order chi connectivity index (χ1) is 14.1. The molecule has 0 saturated carbocycles. The zero-order valence-electron chi connectivity index (χ0n) is 17.9. The van der Waals surface area contributed by atoms with E-state index in [0.29, 0.717) is 35.8 Å². The van der Waals surface area contributed by atoms with Crippen molar-refractivity contribution >= 4 is 23.2 Å². The van der Waals surface area contributed by atoms with Crippen molar-refractivity contribution in [2.75, 3.05) is 13.1 Å². The lowest BCUT2D eigenvalue weighted by Crippen LogP contribution is -2.42. The second-order valence-corrected chi connectivity index (χ2v) is 10.5. The van der Waals surface area contributed by atoms with Crippen molar-refractivity contribution < 1.29 is 9.59 Å². The molecule has 4 rings (SSSR count). The zero-order valence-corrected chi connectivity index (χ0v) is 18.8. The fourth-order valence-corrected chi connectivity index (χ4v) is 5.04. The number of nitrogens with zero attached hydrogens (tertiary/aromatic N) is 3. The normalized spacial score (nSPS) is 19.1. The Morgan fingerprint density at radius 3 is 2.67 bits per heavy atom. The first kappa shape index (κ1) is 20.8. The number of amides is 2. The van der Waals surface area contributed by atoms with E-state index in [4.69, 9.17) is 4.98 Å². The highest BCUT2D eigenvalue weighted by molar-refractivity contribution is 7.13. The number of rotatable bonds is 2. The van der Waals surface area contributed by atoms with Crippen LogP contribution in [0.1, 0.15) is 71.3 Å². The molecule has 1 fully saturated rings. The van der Waals surface area contributed by atoms with Gasteiger partial charge in [-0.15, -0.1) is 11.3 Å². The van der Waals surface area contributed by atoms with Crippen LogP contribution < -0.4 is 5.56 Å². The van der Waals surface area contributed by atoms with Gasteiger partial charge in [-0.1, -0.05) is 20.8 Å². The molecular weight excluding hydrogens is 400 g/mol. The molecule has 0 radical (unpaired) electrons. The molecule has 7 nitrogen and oxygen atoms in total. The number of aromatic amines is 1. The number of hydrogen-bond acceptors (Lipinski definition) is 5. The average molecular weight is 429 g/mol. The third-order valence-corrected chi connectivity index (χ3v) is 6.78. The quantitative estimate of drug-likeness (QED) is 0.797. The van der Waals surface area contributed by atoms with Crippen molar-refractivity contribution in [2.24, 2.45) is 5.41 Å². The van der Waals surface area contributed by atoms with Crippen LogP contribution in [0.5, 0.6) is 0 Å². The summed E-state index contributed by atoms with van der Waals surface area (Å²) in [5.74, 6) is 0.607. The van der Waals surface area contributed by atoms with E-state index in [-0.39, 0.29) is 30.0 Å². The number of hydrogen-bond donors (Lipinski definition) is 1. The van der Waals surface area contributed by atoms with Gasteiger partial charge >= 0.3 is 0 Å². The number of H-pyrrole nitrogens is 1. The third-order valence-electron chi connectivity index (χ3n) is 5.80. The summed E-state index contributed by atoms with van der Waals surface area (Å²) in [6.07, 6.45) is 2.24. The van der Waals surface area contributed by atoms with E-state index >= 15 is 0 Å². The molecular formula is C22H28N4O3S. The summed E-state index contributed by atoms with van der Waals surface area (Å²) in [5, 5.41) is 0. The van der Waals surface area contributed by atoms with Crippen LogP contribution >= 0.6 is 11.3 Å². The Balaban J connectivity index is 1.58. The molecule has 0 spiro atoms. The van der Waals surface area contributed by atoms with Gasteiger partial charge in [0.05, 0.1) is 28.7 Å². The monoisotopic (exact) mass is 428 g/mol. The Hall–Kier alpha value is -2.48. The van der Waals surface area contributed by atoms with Crippen LogP contribution in [0.3, 0.4) is 0 Å². The Labute approximate surface area is 180 Å². The number of thiophene rings is 1. The lowest BCUT2D eigenvalue weighted by atomic mass is 9.94. The minimum absolute atomic E-state index is 0.0417. The largest absolute Gasteiger partial charge is 0.333 e. The van der Waals surface area contributed by atoms with Gasteiger partial charge in [-0.05, 0) is 31.9 Å². The smallest absolute Gasteiger partial charge is 0.264 e. The maximum atomic E-state index is 12.9. The van der Waals surface area contributed by atoms with Crippen LogP contribution in [0.4, 0.5) is 0 Å². The van der Waals surface area contributed by atoms with Gasteiger partial charge in [0.1, 0.15) is 5.82 Å². The predicted octanol–water partition coefficient (Wildman–Crippen LogP) is 3.05. The summed E-state index contributed by atoms with van der Waals surface area (Å²) in [6.45, 7) is 9.19. The van der Waals surface area contributed by atoms with Crippen molar-refractivity contribution in [1.82, 2.24) is 19.8 Å². The Bertz CT molecular complexity index is 1050. The number of carbonyl (C=O) groups excluding carboxylic acids is 2. The van der Waals surface area contributed by atoms with Gasteiger partial charge in [0.2, 0.25) is 5.91 Å². The average Bonchev–Trinajstić information content (AvgIpc) is 3.35. The van der Waals surface area contributed by atoms with Gasteiger partial charge in [-0.3, -0.25) is 14.4 Å². The van der Waals surface area contributed by atoms with E-state index in [2.05, 4.69) is 4.98 Å². The second kappa shape index (κ2) is 7.65. The van der Waals surface area contributed by atoms with Gasteiger partial charge in [0, 0.05) is 29.8 Å². The van der Waals surface area contributed by atoms with E-state index in [9.17, 15) is 14.4 Å². The van der Waals surface area contributed by atoms with Gasteiger partial charge < -0.3 is 14.8 Å². The highest BCUT2D eigenvalue weighted by Crippen LogP contribution is 2.34. The third kappa shape index (κ3) is 3.80. The molecule has 1 atom stereocenters. The van der Waals surface area contributed by atoms with Crippen molar-refractivity contribution in [3.63, 3.8) is 0 Å². The molecule has 30 heavy (non-hydrogen) atoms. The maximum Gasteiger partial charge on any atom is 0.264 e. The van der Waals surface area contributed by atoms with Crippen molar-refractivity contribution in [1.29, 1.82) is 0 Å². The predicted molar refractivity (Wildman–Crippen MR) is 116 cm³/mol. The summed E-state index contributed by atoms with van der Waals surface area (Å²) in [4.78, 5) is 51.5. The SMILES string of the molecule is Cc1ccc(C(=O)N2CCc3nc([C@@H]4CCCN4C(=O)C(C)(C)C)[nH]c(=O)c3C2)s1. The van der Waals surface area contributed by atoms with Gasteiger partial charge in [-0.25, -0.2) is 4.98 Å². The van der Waals surface area contributed by atoms with Gasteiger partial charge in [0.15, 0.2) is 0 Å². The van der Waals surface area contributed by atoms with Gasteiger partial charge in [0.25, 0.3) is 11.5 Å². The minimum atomic E-state index is -0.474. The van der Waals surface area contributed by atoms with E-state index in [1.165, 1.54) is 11.3 Å². The number of nitrogens with one attached hydrogen (secondary N) is 1. The van der Waals surface area contributed by atoms with E-state index < -0.39 is 5.41 Å². The van der Waals surface area contributed by atoms with Crippen LogP contribution in [-0.4, -0.2) is 44.7 Å². The van der Waals surface area contributed by atoms with E-state index in [1.807, 2.05) is 44.7 Å². The standard InChI is InChI=1S/C22H28N4O3S/c1-13-7-8-17(30-13)20(28)25-11-9-15-14(12-25)19(27)24-18(23-15)16-6-5-10-26(16)21(29)22(2,3)4/h7-8,16H,5-6,9-12H2,1-4H3,(H,23,24,27)/t16-/m0/s1. The Morgan fingerprint density at radius 2 is 2.00 bits per heavy atom. The molecule has 2 aromatic rings. The lowest BCUT2D eigenvalue weighted by Gasteiger charge is -2.31. The summed E-state index contributed by atoms with van der Waals surface area (Å²) >= 11 is 1.47. The Kier molecular flexibility index (Phi) is 5.30. The number of aromatic nitrogens is 2. The fraction of sp³-hybridized carbons (Fsp3) is 0.545.